The smallest absolute Gasteiger partial charge is 0.358 e. The Morgan fingerprint density at radius 3 is 2.73 bits per heavy atom. The standard InChI is InChI=1S/C9H12N2O4/c1-14-8(12)4-6-11-5-3-7(10-11)9(13)15-2/h3,5H,4,6H2,1-2H3. The fourth-order valence-electron chi connectivity index (χ4n) is 1.01. The molecule has 1 rings (SSSR count). The molecule has 0 spiro atoms. The van der Waals surface area contributed by atoms with Gasteiger partial charge in [-0.1, -0.05) is 0 Å². The zero-order chi connectivity index (χ0) is 11.3. The SMILES string of the molecule is COC(=O)CCn1ccc(C(=O)OC)n1. The van der Waals surface area contributed by atoms with E-state index in [1.165, 1.54) is 25.0 Å². The van der Waals surface area contributed by atoms with Crippen LogP contribution in [0.1, 0.15) is 16.9 Å². The number of esters is 2. The van der Waals surface area contributed by atoms with E-state index in [1.54, 1.807) is 6.20 Å². The number of carbonyl (C=O) groups is 2. The van der Waals surface area contributed by atoms with Gasteiger partial charge in [-0.15, -0.1) is 0 Å². The quantitative estimate of drug-likeness (QED) is 0.668. The number of aromatic nitrogens is 2. The van der Waals surface area contributed by atoms with Gasteiger partial charge in [0.05, 0.1) is 27.2 Å². The average molecular weight is 212 g/mol. The summed E-state index contributed by atoms with van der Waals surface area (Å²) in [5, 5.41) is 3.92. The van der Waals surface area contributed by atoms with Crippen LogP contribution in [0.15, 0.2) is 12.3 Å². The average Bonchev–Trinajstić information content (AvgIpc) is 2.73. The molecule has 0 aliphatic heterocycles. The number of hydrogen-bond donors (Lipinski definition) is 0. The highest BCUT2D eigenvalue weighted by Gasteiger charge is 2.09. The van der Waals surface area contributed by atoms with Crippen LogP contribution in [0.4, 0.5) is 0 Å². The number of carbonyl (C=O) groups excluding carboxylic acids is 2. The predicted octanol–water partition coefficient (Wildman–Crippen LogP) is 0.233. The molecule has 0 saturated carbocycles. The van der Waals surface area contributed by atoms with E-state index < -0.39 is 5.97 Å². The number of aryl methyl sites for hydroxylation is 1. The Bertz CT molecular complexity index is 359. The summed E-state index contributed by atoms with van der Waals surface area (Å²) >= 11 is 0. The molecule has 0 aliphatic rings. The van der Waals surface area contributed by atoms with Crippen LogP contribution in [-0.2, 0) is 20.8 Å². The van der Waals surface area contributed by atoms with Crippen LogP contribution in [0.25, 0.3) is 0 Å². The highest BCUT2D eigenvalue weighted by Crippen LogP contribution is 1.99. The summed E-state index contributed by atoms with van der Waals surface area (Å²) in [4.78, 5) is 21.9. The van der Waals surface area contributed by atoms with Crippen molar-refractivity contribution in [3.63, 3.8) is 0 Å². The first-order valence-electron chi connectivity index (χ1n) is 4.36. The fourth-order valence-corrected chi connectivity index (χ4v) is 1.01. The molecule has 1 aromatic rings. The van der Waals surface area contributed by atoms with Crippen LogP contribution in [0, 0.1) is 0 Å². The van der Waals surface area contributed by atoms with E-state index in [9.17, 15) is 9.59 Å². The predicted molar refractivity (Wildman–Crippen MR) is 50.2 cm³/mol. The molecule has 0 unspecified atom stereocenters. The summed E-state index contributed by atoms with van der Waals surface area (Å²) in [5.74, 6) is -0.808. The molecule has 0 aliphatic carbocycles. The highest BCUT2D eigenvalue weighted by molar-refractivity contribution is 5.86. The number of hydrogen-bond acceptors (Lipinski definition) is 5. The second-order valence-electron chi connectivity index (χ2n) is 2.78. The zero-order valence-electron chi connectivity index (χ0n) is 8.60. The maximum absolute atomic E-state index is 11.0. The van der Waals surface area contributed by atoms with E-state index in [-0.39, 0.29) is 18.1 Å². The van der Waals surface area contributed by atoms with Gasteiger partial charge in [-0.25, -0.2) is 4.79 Å². The van der Waals surface area contributed by atoms with Crippen LogP contribution < -0.4 is 0 Å². The lowest BCUT2D eigenvalue weighted by molar-refractivity contribution is -0.140. The summed E-state index contributed by atoms with van der Waals surface area (Å²) in [5.41, 5.74) is 0.224. The van der Waals surface area contributed by atoms with E-state index >= 15 is 0 Å². The second kappa shape index (κ2) is 5.14. The van der Waals surface area contributed by atoms with Gasteiger partial charge < -0.3 is 9.47 Å². The largest absolute Gasteiger partial charge is 0.469 e. The van der Waals surface area contributed by atoms with Crippen molar-refractivity contribution < 1.29 is 19.1 Å². The van der Waals surface area contributed by atoms with E-state index in [0.29, 0.717) is 6.54 Å². The minimum absolute atomic E-state index is 0.221. The first-order valence-corrected chi connectivity index (χ1v) is 4.36. The van der Waals surface area contributed by atoms with E-state index in [4.69, 9.17) is 0 Å². The maximum Gasteiger partial charge on any atom is 0.358 e. The molecule has 0 N–H and O–H groups in total. The van der Waals surface area contributed by atoms with E-state index in [0.717, 1.165) is 0 Å². The third-order valence-corrected chi connectivity index (χ3v) is 1.81. The van der Waals surface area contributed by atoms with Crippen molar-refractivity contribution in [3.8, 4) is 0 Å². The molecule has 0 fully saturated rings. The van der Waals surface area contributed by atoms with Crippen LogP contribution in [0.2, 0.25) is 0 Å². The van der Waals surface area contributed by atoms with Gasteiger partial charge >= 0.3 is 11.9 Å². The van der Waals surface area contributed by atoms with Crippen LogP contribution >= 0.6 is 0 Å². The molecule has 6 nitrogen and oxygen atoms in total. The van der Waals surface area contributed by atoms with Gasteiger partial charge in [0, 0.05) is 6.20 Å². The van der Waals surface area contributed by atoms with Crippen molar-refractivity contribution in [2.45, 2.75) is 13.0 Å². The lowest BCUT2D eigenvalue weighted by Gasteiger charge is -1.99. The minimum Gasteiger partial charge on any atom is -0.469 e. The Labute approximate surface area is 86.8 Å². The Hall–Kier alpha value is -1.85. The van der Waals surface area contributed by atoms with Gasteiger partial charge in [0.1, 0.15) is 0 Å². The molecule has 1 heterocycles. The van der Waals surface area contributed by atoms with Gasteiger partial charge in [0.25, 0.3) is 0 Å². The van der Waals surface area contributed by atoms with Crippen LogP contribution in [0.5, 0.6) is 0 Å². The Morgan fingerprint density at radius 1 is 1.40 bits per heavy atom. The Kier molecular flexibility index (Phi) is 3.84. The molecule has 15 heavy (non-hydrogen) atoms. The van der Waals surface area contributed by atoms with Gasteiger partial charge in [0.2, 0.25) is 0 Å². The van der Waals surface area contributed by atoms with Crippen molar-refractivity contribution in [1.82, 2.24) is 9.78 Å². The summed E-state index contributed by atoms with van der Waals surface area (Å²) in [6, 6.07) is 1.53. The fraction of sp³-hybridized carbons (Fsp3) is 0.444. The van der Waals surface area contributed by atoms with Crippen molar-refractivity contribution in [1.29, 1.82) is 0 Å². The molecule has 0 radical (unpaired) electrons. The first kappa shape index (κ1) is 11.2. The molecular formula is C9H12N2O4. The van der Waals surface area contributed by atoms with Crippen molar-refractivity contribution in [3.05, 3.63) is 18.0 Å². The third kappa shape index (κ3) is 3.08. The third-order valence-electron chi connectivity index (χ3n) is 1.81. The number of rotatable bonds is 4. The summed E-state index contributed by atoms with van der Waals surface area (Å²) < 4.78 is 10.5. The number of methoxy groups -OCH3 is 2. The number of ether oxygens (including phenoxy) is 2. The van der Waals surface area contributed by atoms with Crippen LogP contribution in [-0.4, -0.2) is 35.9 Å². The van der Waals surface area contributed by atoms with E-state index in [1.807, 2.05) is 0 Å². The molecule has 82 valence electrons. The molecule has 6 heteroatoms. The Balaban J connectivity index is 2.53. The normalized spacial score (nSPS) is 9.73. The molecule has 0 atom stereocenters. The lowest BCUT2D eigenvalue weighted by Crippen LogP contribution is -2.09. The summed E-state index contributed by atoms with van der Waals surface area (Å²) in [7, 11) is 2.61. The molecular weight excluding hydrogens is 200 g/mol. The van der Waals surface area contributed by atoms with Gasteiger partial charge in [-0.2, -0.15) is 5.10 Å². The molecule has 0 bridgehead atoms. The lowest BCUT2D eigenvalue weighted by atomic mass is 10.4. The summed E-state index contributed by atoms with van der Waals surface area (Å²) in [6.07, 6.45) is 1.83. The van der Waals surface area contributed by atoms with Crippen molar-refractivity contribution >= 4 is 11.9 Å². The summed E-state index contributed by atoms with van der Waals surface area (Å²) in [6.45, 7) is 0.379. The number of nitrogens with zero attached hydrogens (tertiary/aromatic N) is 2. The highest BCUT2D eigenvalue weighted by atomic mass is 16.5. The topological polar surface area (TPSA) is 70.4 Å². The first-order chi connectivity index (χ1) is 7.17. The minimum atomic E-state index is -0.494. The van der Waals surface area contributed by atoms with Crippen LogP contribution in [0.3, 0.4) is 0 Å². The maximum atomic E-state index is 11.0. The molecule has 0 saturated heterocycles. The zero-order valence-corrected chi connectivity index (χ0v) is 8.60. The van der Waals surface area contributed by atoms with Gasteiger partial charge in [-0.3, -0.25) is 9.48 Å². The monoisotopic (exact) mass is 212 g/mol. The molecule has 1 aromatic heterocycles. The Morgan fingerprint density at radius 2 is 2.13 bits per heavy atom. The van der Waals surface area contributed by atoms with Crippen molar-refractivity contribution in [2.75, 3.05) is 14.2 Å². The van der Waals surface area contributed by atoms with Gasteiger partial charge in [-0.05, 0) is 6.07 Å². The molecule has 0 aromatic carbocycles. The van der Waals surface area contributed by atoms with E-state index in [2.05, 4.69) is 14.6 Å². The second-order valence-corrected chi connectivity index (χ2v) is 2.78. The van der Waals surface area contributed by atoms with Gasteiger partial charge in [0.15, 0.2) is 5.69 Å². The molecule has 0 amide bonds. The van der Waals surface area contributed by atoms with Crippen molar-refractivity contribution in [2.24, 2.45) is 0 Å².